The van der Waals surface area contributed by atoms with Crippen LogP contribution in [0.1, 0.15) is 17.8 Å². The van der Waals surface area contributed by atoms with E-state index in [0.717, 1.165) is 31.1 Å². The minimum Gasteiger partial charge on any atom is -0.475 e. The molecular weight excluding hydrogens is 426 g/mol. The third-order valence-electron chi connectivity index (χ3n) is 5.04. The summed E-state index contributed by atoms with van der Waals surface area (Å²) in [6.45, 7) is 3.44. The monoisotopic (exact) mass is 445 g/mol. The second-order valence-corrected chi connectivity index (χ2v) is 8.31. The lowest BCUT2D eigenvalue weighted by molar-refractivity contribution is -0.192. The zero-order valence-electron chi connectivity index (χ0n) is 15.7. The molecule has 1 atom stereocenters. The number of hydrogen-bond acceptors (Lipinski definition) is 5. The molecule has 2 aliphatic heterocycles. The molecule has 1 N–H and O–H groups in total. The SMILES string of the molecule is O=C(O)C(F)(F)F.O=C1CC2(CCN(Cc3nccs3)C2)CN1c1cccc(F)c1. The quantitative estimate of drug-likeness (QED) is 0.732. The van der Waals surface area contributed by atoms with Crippen LogP contribution in [0.4, 0.5) is 23.2 Å². The van der Waals surface area contributed by atoms with E-state index in [4.69, 9.17) is 9.90 Å². The van der Waals surface area contributed by atoms with Crippen LogP contribution in [-0.2, 0) is 16.1 Å². The number of carboxylic acid groups (broad SMARTS) is 1. The summed E-state index contributed by atoms with van der Waals surface area (Å²) in [6.07, 6.45) is -1.69. The molecule has 1 spiro atoms. The number of nitrogens with zero attached hydrogens (tertiary/aromatic N) is 3. The highest BCUT2D eigenvalue weighted by Crippen LogP contribution is 2.42. The maximum absolute atomic E-state index is 13.4. The Bertz CT molecular complexity index is 907. The molecule has 1 amide bonds. The van der Waals surface area contributed by atoms with Gasteiger partial charge >= 0.3 is 12.1 Å². The van der Waals surface area contributed by atoms with Crippen LogP contribution >= 0.6 is 11.3 Å². The van der Waals surface area contributed by atoms with Gasteiger partial charge < -0.3 is 10.0 Å². The van der Waals surface area contributed by atoms with E-state index in [9.17, 15) is 22.4 Å². The highest BCUT2D eigenvalue weighted by molar-refractivity contribution is 7.09. The first-order valence-electron chi connectivity index (χ1n) is 9.05. The van der Waals surface area contributed by atoms with Crippen LogP contribution in [-0.4, -0.2) is 52.7 Å². The Kier molecular flexibility index (Phi) is 6.41. The molecule has 3 heterocycles. The van der Waals surface area contributed by atoms with Crippen LogP contribution < -0.4 is 4.90 Å². The molecule has 11 heteroatoms. The zero-order chi connectivity index (χ0) is 21.9. The molecule has 162 valence electrons. The second kappa shape index (κ2) is 8.68. The van der Waals surface area contributed by atoms with Gasteiger partial charge in [0.15, 0.2) is 0 Å². The van der Waals surface area contributed by atoms with E-state index in [1.54, 1.807) is 22.3 Å². The molecule has 0 radical (unpaired) electrons. The number of amides is 1. The van der Waals surface area contributed by atoms with Crippen molar-refractivity contribution in [1.82, 2.24) is 9.88 Å². The molecule has 2 aromatic rings. The minimum absolute atomic E-state index is 0.000655. The molecule has 30 heavy (non-hydrogen) atoms. The molecule has 1 aromatic heterocycles. The number of benzene rings is 1. The molecule has 6 nitrogen and oxygen atoms in total. The number of carbonyl (C=O) groups excluding carboxylic acids is 1. The number of aromatic nitrogens is 1. The lowest BCUT2D eigenvalue weighted by Gasteiger charge is -2.24. The smallest absolute Gasteiger partial charge is 0.475 e. The van der Waals surface area contributed by atoms with E-state index < -0.39 is 12.1 Å². The Morgan fingerprint density at radius 3 is 2.63 bits per heavy atom. The fourth-order valence-corrected chi connectivity index (χ4v) is 4.39. The van der Waals surface area contributed by atoms with Crippen molar-refractivity contribution in [2.24, 2.45) is 5.41 Å². The van der Waals surface area contributed by atoms with Crippen molar-refractivity contribution in [3.63, 3.8) is 0 Å². The standard InChI is InChI=1S/C17H18FN3OS.C2HF3O2/c18-13-2-1-3-14(8-13)21-12-17(9-16(21)22)4-6-20(11-17)10-15-19-5-7-23-15;3-2(4,5)1(6)7/h1-3,5,7-8H,4,6,9-12H2;(H,6,7). The summed E-state index contributed by atoms with van der Waals surface area (Å²) in [7, 11) is 0. The van der Waals surface area contributed by atoms with Gasteiger partial charge in [-0.15, -0.1) is 11.3 Å². The van der Waals surface area contributed by atoms with Crippen LogP contribution in [0.3, 0.4) is 0 Å². The molecule has 0 bridgehead atoms. The summed E-state index contributed by atoms with van der Waals surface area (Å²) in [5.74, 6) is -2.95. The van der Waals surface area contributed by atoms with E-state index in [-0.39, 0.29) is 17.1 Å². The number of thiazole rings is 1. The Labute approximate surface area is 173 Å². The molecule has 4 rings (SSSR count). The normalized spacial score (nSPS) is 21.7. The summed E-state index contributed by atoms with van der Waals surface area (Å²) in [5.41, 5.74) is 0.672. The highest BCUT2D eigenvalue weighted by Gasteiger charge is 2.47. The van der Waals surface area contributed by atoms with Crippen LogP contribution in [0.15, 0.2) is 35.8 Å². The van der Waals surface area contributed by atoms with Gasteiger partial charge in [-0.2, -0.15) is 13.2 Å². The number of likely N-dealkylation sites (tertiary alicyclic amines) is 1. The molecule has 0 saturated carbocycles. The van der Waals surface area contributed by atoms with Gasteiger partial charge in [0.05, 0.1) is 6.54 Å². The molecule has 1 aromatic carbocycles. The minimum atomic E-state index is -5.08. The summed E-state index contributed by atoms with van der Waals surface area (Å²) >= 11 is 1.67. The average molecular weight is 445 g/mol. The van der Waals surface area contributed by atoms with E-state index >= 15 is 0 Å². The van der Waals surface area contributed by atoms with E-state index in [2.05, 4.69) is 9.88 Å². The van der Waals surface area contributed by atoms with Crippen LogP contribution in [0.2, 0.25) is 0 Å². The van der Waals surface area contributed by atoms with Crippen molar-refractivity contribution >= 4 is 28.9 Å². The highest BCUT2D eigenvalue weighted by atomic mass is 32.1. The van der Waals surface area contributed by atoms with E-state index in [1.165, 1.54) is 12.1 Å². The van der Waals surface area contributed by atoms with Gasteiger partial charge in [0.25, 0.3) is 0 Å². The summed E-state index contributed by atoms with van der Waals surface area (Å²) in [5, 5.41) is 10.2. The molecule has 2 saturated heterocycles. The molecule has 1 unspecified atom stereocenters. The van der Waals surface area contributed by atoms with Crippen molar-refractivity contribution < 1.29 is 32.3 Å². The number of carbonyl (C=O) groups is 2. The second-order valence-electron chi connectivity index (χ2n) is 7.33. The fourth-order valence-electron chi connectivity index (χ4n) is 3.73. The Hall–Kier alpha value is -2.53. The van der Waals surface area contributed by atoms with Gasteiger partial charge in [-0.25, -0.2) is 14.2 Å². The maximum Gasteiger partial charge on any atom is 0.490 e. The third kappa shape index (κ3) is 5.33. The first-order chi connectivity index (χ1) is 14.1. The van der Waals surface area contributed by atoms with Crippen LogP contribution in [0.5, 0.6) is 0 Å². The lowest BCUT2D eigenvalue weighted by Crippen LogP contribution is -2.31. The van der Waals surface area contributed by atoms with Crippen LogP contribution in [0, 0.1) is 11.2 Å². The van der Waals surface area contributed by atoms with Gasteiger partial charge in [-0.05, 0) is 31.2 Å². The first-order valence-corrected chi connectivity index (χ1v) is 9.93. The number of halogens is 4. The molecule has 0 aliphatic carbocycles. The number of hydrogen-bond donors (Lipinski definition) is 1. The van der Waals surface area contributed by atoms with Crippen molar-refractivity contribution in [3.8, 4) is 0 Å². The summed E-state index contributed by atoms with van der Waals surface area (Å²) in [4.78, 5) is 29.8. The molecular formula is C19H19F4N3O3S. The number of carboxylic acids is 1. The van der Waals surface area contributed by atoms with E-state index in [1.807, 2.05) is 17.6 Å². The van der Waals surface area contributed by atoms with E-state index in [0.29, 0.717) is 18.7 Å². The zero-order valence-corrected chi connectivity index (χ0v) is 16.5. The topological polar surface area (TPSA) is 73.7 Å². The van der Waals surface area contributed by atoms with Crippen molar-refractivity contribution in [3.05, 3.63) is 46.7 Å². The van der Waals surface area contributed by atoms with Gasteiger partial charge in [-0.1, -0.05) is 6.07 Å². The lowest BCUT2D eigenvalue weighted by atomic mass is 9.86. The van der Waals surface area contributed by atoms with Crippen LogP contribution in [0.25, 0.3) is 0 Å². The Morgan fingerprint density at radius 1 is 1.30 bits per heavy atom. The molecule has 2 aliphatic rings. The fraction of sp³-hybridized carbons (Fsp3) is 0.421. The summed E-state index contributed by atoms with van der Waals surface area (Å²) < 4.78 is 45.2. The van der Waals surface area contributed by atoms with Gasteiger partial charge in [0, 0.05) is 42.2 Å². The predicted molar refractivity (Wildman–Crippen MR) is 102 cm³/mol. The van der Waals surface area contributed by atoms with Gasteiger partial charge in [-0.3, -0.25) is 9.69 Å². The first kappa shape index (κ1) is 22.2. The predicted octanol–water partition coefficient (Wildman–Crippen LogP) is 3.54. The van der Waals surface area contributed by atoms with Crippen molar-refractivity contribution in [2.75, 3.05) is 24.5 Å². The molecule has 2 fully saturated rings. The number of aliphatic carboxylic acids is 1. The number of alkyl halides is 3. The van der Waals surface area contributed by atoms with Gasteiger partial charge in [0.2, 0.25) is 5.91 Å². The average Bonchev–Trinajstić information content (AvgIpc) is 3.37. The van der Waals surface area contributed by atoms with Crippen molar-refractivity contribution in [1.29, 1.82) is 0 Å². The summed E-state index contributed by atoms with van der Waals surface area (Å²) in [6, 6.07) is 6.32. The maximum atomic E-state index is 13.4. The number of rotatable bonds is 3. The Balaban J connectivity index is 0.000000318. The van der Waals surface area contributed by atoms with Gasteiger partial charge in [0.1, 0.15) is 10.8 Å². The Morgan fingerprint density at radius 2 is 2.03 bits per heavy atom. The number of anilines is 1. The third-order valence-corrected chi connectivity index (χ3v) is 5.81. The largest absolute Gasteiger partial charge is 0.490 e. The van der Waals surface area contributed by atoms with Crippen molar-refractivity contribution in [2.45, 2.75) is 25.6 Å².